The molecule has 0 fully saturated rings. The molecule has 0 aromatic carbocycles. The Balaban J connectivity index is 2.49. The molecule has 1 aromatic heterocycles. The van der Waals surface area contributed by atoms with Gasteiger partial charge in [-0.1, -0.05) is 18.5 Å². The number of ether oxygens (including phenoxy) is 1. The largest absolute Gasteiger partial charge is 0.469 e. The lowest BCUT2D eigenvalue weighted by molar-refractivity contribution is -0.145. The van der Waals surface area contributed by atoms with Crippen LogP contribution >= 0.6 is 11.6 Å². The minimum atomic E-state index is -0.198. The van der Waals surface area contributed by atoms with Crippen LogP contribution in [0.25, 0.3) is 0 Å². The van der Waals surface area contributed by atoms with Crippen molar-refractivity contribution in [2.45, 2.75) is 13.5 Å². The zero-order chi connectivity index (χ0) is 12.8. The molecule has 1 aromatic rings. The van der Waals surface area contributed by atoms with Gasteiger partial charge in [0.25, 0.3) is 0 Å². The molecule has 1 atom stereocenters. The van der Waals surface area contributed by atoms with E-state index in [0.29, 0.717) is 18.1 Å². The van der Waals surface area contributed by atoms with Gasteiger partial charge in [0, 0.05) is 24.3 Å². The quantitative estimate of drug-likeness (QED) is 0.756. The summed E-state index contributed by atoms with van der Waals surface area (Å²) in [5, 5.41) is 0.671. The van der Waals surface area contributed by atoms with Crippen LogP contribution in [0.4, 0.5) is 0 Å². The molecule has 0 bridgehead atoms. The van der Waals surface area contributed by atoms with E-state index in [2.05, 4.69) is 9.72 Å². The summed E-state index contributed by atoms with van der Waals surface area (Å²) in [6.07, 6.45) is 1.68. The van der Waals surface area contributed by atoms with Crippen molar-refractivity contribution in [2.24, 2.45) is 5.92 Å². The molecule has 0 saturated carbocycles. The van der Waals surface area contributed by atoms with Crippen molar-refractivity contribution in [1.29, 1.82) is 0 Å². The van der Waals surface area contributed by atoms with Crippen LogP contribution < -0.4 is 0 Å². The molecule has 0 amide bonds. The molecule has 0 aliphatic rings. The first kappa shape index (κ1) is 13.9. The number of halogens is 1. The molecule has 94 valence electrons. The summed E-state index contributed by atoms with van der Waals surface area (Å²) < 4.78 is 4.68. The number of pyridine rings is 1. The zero-order valence-corrected chi connectivity index (χ0v) is 11.1. The van der Waals surface area contributed by atoms with Gasteiger partial charge >= 0.3 is 5.97 Å². The van der Waals surface area contributed by atoms with Crippen molar-refractivity contribution in [3.05, 3.63) is 29.0 Å². The summed E-state index contributed by atoms with van der Waals surface area (Å²) in [5.41, 5.74) is 0.886. The number of rotatable bonds is 5. The smallest absolute Gasteiger partial charge is 0.309 e. The maximum Gasteiger partial charge on any atom is 0.309 e. The SMILES string of the molecule is COC(=O)C(C)CN(C)Cc1cc(Cl)ccn1. The highest BCUT2D eigenvalue weighted by atomic mass is 35.5. The Bertz CT molecular complexity index is 385. The Kier molecular flexibility index (Phi) is 5.38. The number of esters is 1. The summed E-state index contributed by atoms with van der Waals surface area (Å²) in [5.74, 6) is -0.347. The Morgan fingerprint density at radius 2 is 2.35 bits per heavy atom. The third-order valence-electron chi connectivity index (χ3n) is 2.40. The fourth-order valence-corrected chi connectivity index (χ4v) is 1.80. The van der Waals surface area contributed by atoms with Gasteiger partial charge in [-0.15, -0.1) is 0 Å². The van der Waals surface area contributed by atoms with Gasteiger partial charge < -0.3 is 4.74 Å². The fourth-order valence-electron chi connectivity index (χ4n) is 1.62. The van der Waals surface area contributed by atoms with Crippen LogP contribution in [0, 0.1) is 5.92 Å². The topological polar surface area (TPSA) is 42.4 Å². The molecular formula is C12H17ClN2O2. The molecule has 0 N–H and O–H groups in total. The minimum Gasteiger partial charge on any atom is -0.469 e. The number of carbonyl (C=O) groups is 1. The molecule has 5 heteroatoms. The maximum absolute atomic E-state index is 11.3. The monoisotopic (exact) mass is 256 g/mol. The maximum atomic E-state index is 11.3. The summed E-state index contributed by atoms with van der Waals surface area (Å²) >= 11 is 5.87. The zero-order valence-electron chi connectivity index (χ0n) is 10.3. The third-order valence-corrected chi connectivity index (χ3v) is 2.63. The van der Waals surface area contributed by atoms with E-state index in [9.17, 15) is 4.79 Å². The lowest BCUT2D eigenvalue weighted by Gasteiger charge is -2.19. The van der Waals surface area contributed by atoms with Crippen molar-refractivity contribution < 1.29 is 9.53 Å². The van der Waals surface area contributed by atoms with E-state index in [1.165, 1.54) is 7.11 Å². The Morgan fingerprint density at radius 1 is 1.65 bits per heavy atom. The van der Waals surface area contributed by atoms with Gasteiger partial charge in [0.1, 0.15) is 0 Å². The molecule has 1 unspecified atom stereocenters. The third kappa shape index (κ3) is 4.71. The molecule has 1 heterocycles. The van der Waals surface area contributed by atoms with Crippen LogP contribution in [-0.4, -0.2) is 36.6 Å². The normalized spacial score (nSPS) is 12.5. The molecule has 1 rings (SSSR count). The van der Waals surface area contributed by atoms with Gasteiger partial charge in [0.15, 0.2) is 0 Å². The first-order chi connectivity index (χ1) is 8.02. The Hall–Kier alpha value is -1.13. The van der Waals surface area contributed by atoms with Crippen LogP contribution in [0.2, 0.25) is 5.02 Å². The van der Waals surface area contributed by atoms with Gasteiger partial charge in [-0.05, 0) is 19.2 Å². The lowest BCUT2D eigenvalue weighted by atomic mass is 10.1. The average molecular weight is 257 g/mol. The molecule has 0 aliphatic carbocycles. The second-order valence-corrected chi connectivity index (χ2v) is 4.52. The first-order valence-electron chi connectivity index (χ1n) is 5.39. The van der Waals surface area contributed by atoms with Crippen LogP contribution in [0.15, 0.2) is 18.3 Å². The number of aromatic nitrogens is 1. The van der Waals surface area contributed by atoms with Gasteiger partial charge in [0.2, 0.25) is 0 Å². The van der Waals surface area contributed by atoms with E-state index in [1.54, 1.807) is 12.3 Å². The predicted octanol–water partition coefficient (Wildman–Crippen LogP) is 1.98. The molecule has 4 nitrogen and oxygen atoms in total. The van der Waals surface area contributed by atoms with Crippen LogP contribution in [0.3, 0.4) is 0 Å². The Labute approximate surface area is 107 Å². The summed E-state index contributed by atoms with van der Waals surface area (Å²) in [4.78, 5) is 17.5. The molecular weight excluding hydrogens is 240 g/mol. The molecule has 0 aliphatic heterocycles. The molecule has 0 saturated heterocycles. The summed E-state index contributed by atoms with van der Waals surface area (Å²) in [7, 11) is 3.33. The van der Waals surface area contributed by atoms with Crippen LogP contribution in [-0.2, 0) is 16.1 Å². The number of hydrogen-bond acceptors (Lipinski definition) is 4. The lowest BCUT2D eigenvalue weighted by Crippen LogP contribution is -2.29. The van der Waals surface area contributed by atoms with Gasteiger partial charge in [-0.2, -0.15) is 0 Å². The van der Waals surface area contributed by atoms with E-state index in [1.807, 2.05) is 24.9 Å². The second kappa shape index (κ2) is 6.57. The predicted molar refractivity (Wildman–Crippen MR) is 66.8 cm³/mol. The van der Waals surface area contributed by atoms with E-state index in [4.69, 9.17) is 11.6 Å². The highest BCUT2D eigenvalue weighted by molar-refractivity contribution is 6.30. The first-order valence-corrected chi connectivity index (χ1v) is 5.77. The van der Waals surface area contributed by atoms with Crippen molar-refractivity contribution in [1.82, 2.24) is 9.88 Å². The van der Waals surface area contributed by atoms with Gasteiger partial charge in [-0.3, -0.25) is 14.7 Å². The van der Waals surface area contributed by atoms with Crippen LogP contribution in [0.5, 0.6) is 0 Å². The number of hydrogen-bond donors (Lipinski definition) is 0. The second-order valence-electron chi connectivity index (χ2n) is 4.09. The number of methoxy groups -OCH3 is 1. The highest BCUT2D eigenvalue weighted by Crippen LogP contribution is 2.10. The van der Waals surface area contributed by atoms with Crippen LogP contribution in [0.1, 0.15) is 12.6 Å². The minimum absolute atomic E-state index is 0.149. The molecule has 0 spiro atoms. The standard InChI is InChI=1S/C12H17ClN2O2/c1-9(12(16)17-3)7-15(2)8-11-6-10(13)4-5-14-11/h4-6,9H,7-8H2,1-3H3. The van der Waals surface area contributed by atoms with E-state index < -0.39 is 0 Å². The van der Waals surface area contributed by atoms with E-state index >= 15 is 0 Å². The fraction of sp³-hybridized carbons (Fsp3) is 0.500. The number of carbonyl (C=O) groups excluding carboxylic acids is 1. The number of nitrogens with zero attached hydrogens (tertiary/aromatic N) is 2. The van der Waals surface area contributed by atoms with Crippen molar-refractivity contribution in [3.8, 4) is 0 Å². The van der Waals surface area contributed by atoms with Crippen molar-refractivity contribution in [2.75, 3.05) is 20.7 Å². The van der Waals surface area contributed by atoms with Gasteiger partial charge in [-0.25, -0.2) is 0 Å². The van der Waals surface area contributed by atoms with Crippen molar-refractivity contribution >= 4 is 17.6 Å². The van der Waals surface area contributed by atoms with Gasteiger partial charge in [0.05, 0.1) is 18.7 Å². The summed E-state index contributed by atoms with van der Waals surface area (Å²) in [6.45, 7) is 3.12. The summed E-state index contributed by atoms with van der Waals surface area (Å²) in [6, 6.07) is 3.56. The average Bonchev–Trinajstić information content (AvgIpc) is 2.27. The van der Waals surface area contributed by atoms with E-state index in [0.717, 1.165) is 5.69 Å². The van der Waals surface area contributed by atoms with Crippen molar-refractivity contribution in [3.63, 3.8) is 0 Å². The van der Waals surface area contributed by atoms with E-state index in [-0.39, 0.29) is 11.9 Å². The molecule has 0 radical (unpaired) electrons. The highest BCUT2D eigenvalue weighted by Gasteiger charge is 2.15. The Morgan fingerprint density at radius 3 is 2.94 bits per heavy atom. The molecule has 17 heavy (non-hydrogen) atoms.